The molecule has 0 spiro atoms. The molecule has 1 aliphatic carbocycles. The minimum absolute atomic E-state index is 0.0775. The second-order valence-electron chi connectivity index (χ2n) is 8.69. The van der Waals surface area contributed by atoms with E-state index in [-0.39, 0.29) is 23.6 Å². The van der Waals surface area contributed by atoms with Crippen LogP contribution in [0.3, 0.4) is 0 Å². The average Bonchev–Trinajstić information content (AvgIpc) is 3.41. The number of amides is 2. The Morgan fingerprint density at radius 3 is 2.68 bits per heavy atom. The van der Waals surface area contributed by atoms with E-state index in [1.807, 2.05) is 18.2 Å². The minimum atomic E-state index is -3.04. The Bertz CT molecular complexity index is 1050. The smallest absolute Gasteiger partial charge is 0.320 e. The highest BCUT2D eigenvalue weighted by molar-refractivity contribution is 7.91. The van der Waals surface area contributed by atoms with Crippen molar-refractivity contribution in [2.75, 3.05) is 30.4 Å². The number of hydrogen-bond acceptors (Lipinski definition) is 5. The maximum Gasteiger partial charge on any atom is 0.320 e. The number of nitrogens with one attached hydrogen (secondary N) is 2. The molecule has 0 unspecified atom stereocenters. The quantitative estimate of drug-likeness (QED) is 0.651. The van der Waals surface area contributed by atoms with Gasteiger partial charge in [0.05, 0.1) is 23.2 Å². The van der Waals surface area contributed by atoms with Crippen molar-refractivity contribution in [3.63, 3.8) is 0 Å². The van der Waals surface area contributed by atoms with Crippen molar-refractivity contribution in [3.05, 3.63) is 47.2 Å². The van der Waals surface area contributed by atoms with Gasteiger partial charge in [0.15, 0.2) is 9.84 Å². The van der Waals surface area contributed by atoms with Crippen LogP contribution in [0.5, 0.6) is 0 Å². The van der Waals surface area contributed by atoms with Gasteiger partial charge in [0.1, 0.15) is 5.82 Å². The first-order chi connectivity index (χ1) is 14.8. The van der Waals surface area contributed by atoms with E-state index in [1.165, 1.54) is 5.56 Å². The first kappa shape index (κ1) is 21.8. The largest absolute Gasteiger partial charge is 0.334 e. The van der Waals surface area contributed by atoms with Crippen LogP contribution in [-0.2, 0) is 22.9 Å². The van der Waals surface area contributed by atoms with Crippen molar-refractivity contribution < 1.29 is 13.2 Å². The highest BCUT2D eigenvalue weighted by Gasteiger charge is 2.34. The SMILES string of the molecule is CCN(C)Cc1cccc(CNC(=O)Nc2cc(C3CC3)nn2[C@H]2CCS(=O)(=O)C2)c1. The molecule has 168 valence electrons. The predicted octanol–water partition coefficient (Wildman–Crippen LogP) is 2.89. The number of anilines is 1. The van der Waals surface area contributed by atoms with Crippen molar-refractivity contribution in [2.45, 2.75) is 51.2 Å². The molecule has 0 bridgehead atoms. The molecule has 2 fully saturated rings. The molecule has 1 aliphatic heterocycles. The van der Waals surface area contributed by atoms with E-state index in [4.69, 9.17) is 0 Å². The number of urea groups is 1. The van der Waals surface area contributed by atoms with Crippen LogP contribution in [0.25, 0.3) is 0 Å². The summed E-state index contributed by atoms with van der Waals surface area (Å²) < 4.78 is 25.6. The number of benzene rings is 1. The second kappa shape index (κ2) is 9.00. The molecular weight excluding hydrogens is 414 g/mol. The van der Waals surface area contributed by atoms with Crippen LogP contribution in [0.4, 0.5) is 10.6 Å². The fraction of sp³-hybridized carbons (Fsp3) is 0.545. The summed E-state index contributed by atoms with van der Waals surface area (Å²) in [5.74, 6) is 1.24. The molecule has 9 heteroatoms. The van der Waals surface area contributed by atoms with Gasteiger partial charge < -0.3 is 10.2 Å². The van der Waals surface area contributed by atoms with Gasteiger partial charge in [-0.1, -0.05) is 31.2 Å². The van der Waals surface area contributed by atoms with E-state index >= 15 is 0 Å². The van der Waals surface area contributed by atoms with Crippen molar-refractivity contribution in [2.24, 2.45) is 0 Å². The number of hydrogen-bond donors (Lipinski definition) is 2. The van der Waals surface area contributed by atoms with Crippen LogP contribution in [0.1, 0.15) is 55.0 Å². The Labute approximate surface area is 183 Å². The molecule has 2 heterocycles. The third-order valence-electron chi connectivity index (χ3n) is 5.98. The van der Waals surface area contributed by atoms with Crippen LogP contribution in [-0.4, -0.2) is 54.2 Å². The Kier molecular flexibility index (Phi) is 6.34. The van der Waals surface area contributed by atoms with Crippen LogP contribution in [0.15, 0.2) is 30.3 Å². The van der Waals surface area contributed by atoms with Crippen molar-refractivity contribution in [1.82, 2.24) is 20.0 Å². The zero-order valence-electron chi connectivity index (χ0n) is 18.2. The number of nitrogens with zero attached hydrogens (tertiary/aromatic N) is 3. The molecule has 1 aromatic heterocycles. The minimum Gasteiger partial charge on any atom is -0.334 e. The molecule has 1 saturated carbocycles. The molecule has 2 aliphatic rings. The van der Waals surface area contributed by atoms with Gasteiger partial charge in [0, 0.05) is 25.1 Å². The van der Waals surface area contributed by atoms with Crippen LogP contribution >= 0.6 is 0 Å². The lowest BCUT2D eigenvalue weighted by atomic mass is 10.1. The summed E-state index contributed by atoms with van der Waals surface area (Å²) in [7, 11) is -0.962. The molecule has 1 atom stereocenters. The number of sulfone groups is 1. The lowest BCUT2D eigenvalue weighted by molar-refractivity contribution is 0.251. The maximum atomic E-state index is 12.6. The zero-order valence-corrected chi connectivity index (χ0v) is 19.0. The molecule has 4 rings (SSSR count). The molecule has 8 nitrogen and oxygen atoms in total. The zero-order chi connectivity index (χ0) is 22.0. The van der Waals surface area contributed by atoms with Crippen molar-refractivity contribution in [3.8, 4) is 0 Å². The van der Waals surface area contributed by atoms with E-state index < -0.39 is 9.84 Å². The molecule has 2 amide bonds. The summed E-state index contributed by atoms with van der Waals surface area (Å²) in [4.78, 5) is 14.8. The average molecular weight is 446 g/mol. The summed E-state index contributed by atoms with van der Waals surface area (Å²) in [6.45, 7) is 4.38. The highest BCUT2D eigenvalue weighted by atomic mass is 32.2. The third-order valence-corrected chi connectivity index (χ3v) is 7.73. The fourth-order valence-electron chi connectivity index (χ4n) is 3.94. The molecule has 0 radical (unpaired) electrons. The number of carbonyl (C=O) groups excluding carboxylic acids is 1. The second-order valence-corrected chi connectivity index (χ2v) is 10.9. The molecule has 2 aromatic rings. The summed E-state index contributed by atoms with van der Waals surface area (Å²) in [6.07, 6.45) is 2.72. The predicted molar refractivity (Wildman–Crippen MR) is 121 cm³/mol. The Balaban J connectivity index is 1.40. The van der Waals surface area contributed by atoms with Gasteiger partial charge in [-0.25, -0.2) is 17.9 Å². The fourth-order valence-corrected chi connectivity index (χ4v) is 5.63. The van der Waals surface area contributed by atoms with E-state index in [0.717, 1.165) is 37.2 Å². The van der Waals surface area contributed by atoms with E-state index in [2.05, 4.69) is 46.7 Å². The normalized spacial score (nSPS) is 20.2. The Morgan fingerprint density at radius 1 is 1.23 bits per heavy atom. The standard InChI is InChI=1S/C22H31N5O3S/c1-3-26(2)14-17-6-4-5-16(11-17)13-23-22(28)24-21-12-20(18-7-8-18)25-27(21)19-9-10-31(29,30)15-19/h4-6,11-12,18-19H,3,7-10,13-15H2,1-2H3,(H2,23,24,28)/t19-/m0/s1. The van der Waals surface area contributed by atoms with E-state index in [9.17, 15) is 13.2 Å². The van der Waals surface area contributed by atoms with Gasteiger partial charge in [-0.05, 0) is 44.0 Å². The summed E-state index contributed by atoms with van der Waals surface area (Å²) in [6, 6.07) is 9.54. The Hall–Kier alpha value is -2.39. The molecular formula is C22H31N5O3S. The first-order valence-corrected chi connectivity index (χ1v) is 12.8. The Morgan fingerprint density at radius 2 is 2.00 bits per heavy atom. The highest BCUT2D eigenvalue weighted by Crippen LogP contribution is 2.41. The lowest BCUT2D eigenvalue weighted by Crippen LogP contribution is -2.30. The first-order valence-electron chi connectivity index (χ1n) is 10.9. The van der Waals surface area contributed by atoms with Gasteiger partial charge in [-0.2, -0.15) is 5.10 Å². The molecule has 1 aromatic carbocycles. The van der Waals surface area contributed by atoms with Gasteiger partial charge >= 0.3 is 6.03 Å². The van der Waals surface area contributed by atoms with E-state index in [0.29, 0.717) is 24.7 Å². The number of carbonyl (C=O) groups is 1. The molecule has 31 heavy (non-hydrogen) atoms. The van der Waals surface area contributed by atoms with E-state index in [1.54, 1.807) is 4.68 Å². The van der Waals surface area contributed by atoms with Crippen molar-refractivity contribution >= 4 is 21.7 Å². The van der Waals surface area contributed by atoms with Crippen molar-refractivity contribution in [1.29, 1.82) is 0 Å². The van der Waals surface area contributed by atoms with Gasteiger partial charge in [-0.15, -0.1) is 0 Å². The van der Waals surface area contributed by atoms with Crippen LogP contribution < -0.4 is 10.6 Å². The van der Waals surface area contributed by atoms with Gasteiger partial charge in [-0.3, -0.25) is 5.32 Å². The molecule has 1 saturated heterocycles. The number of rotatable bonds is 8. The number of aromatic nitrogens is 2. The molecule has 2 N–H and O–H groups in total. The monoisotopic (exact) mass is 445 g/mol. The summed E-state index contributed by atoms with van der Waals surface area (Å²) >= 11 is 0. The lowest BCUT2D eigenvalue weighted by Gasteiger charge is -2.15. The topological polar surface area (TPSA) is 96.3 Å². The third kappa shape index (κ3) is 5.65. The summed E-state index contributed by atoms with van der Waals surface area (Å²) in [5, 5.41) is 10.4. The van der Waals surface area contributed by atoms with Gasteiger partial charge in [0.2, 0.25) is 0 Å². The van der Waals surface area contributed by atoms with Gasteiger partial charge in [0.25, 0.3) is 0 Å². The van der Waals surface area contributed by atoms with Crippen LogP contribution in [0, 0.1) is 0 Å². The van der Waals surface area contributed by atoms with Crippen LogP contribution in [0.2, 0.25) is 0 Å². The summed E-state index contributed by atoms with van der Waals surface area (Å²) in [5.41, 5.74) is 3.18. The maximum absolute atomic E-state index is 12.6.